The molecule has 2 heterocycles. The fourth-order valence-corrected chi connectivity index (χ4v) is 10.2. The van der Waals surface area contributed by atoms with Crippen molar-refractivity contribution in [1.29, 1.82) is 0 Å². The maximum Gasteiger partial charge on any atom is 0.160 e. The summed E-state index contributed by atoms with van der Waals surface area (Å²) in [6.07, 6.45) is 0. The second-order valence-electron chi connectivity index (χ2n) is 15.7. The van der Waals surface area contributed by atoms with E-state index in [4.69, 9.17) is 9.97 Å². The molecule has 0 N–H and O–H groups in total. The number of benzene rings is 10. The fraction of sp³-hybridized carbons (Fsp3) is 0. The third-order valence-electron chi connectivity index (χ3n) is 12.1. The maximum absolute atomic E-state index is 5.18. The van der Waals surface area contributed by atoms with E-state index in [9.17, 15) is 0 Å². The van der Waals surface area contributed by atoms with Crippen LogP contribution in [0.3, 0.4) is 0 Å². The Hall–Kier alpha value is -7.72. The van der Waals surface area contributed by atoms with Gasteiger partial charge in [0, 0.05) is 36.9 Å². The molecule has 0 saturated heterocycles. The highest BCUT2D eigenvalue weighted by molar-refractivity contribution is 7.25. The number of aromatic nitrogens is 2. The quantitative estimate of drug-likeness (QED) is 0.124. The Labute approximate surface area is 357 Å². The van der Waals surface area contributed by atoms with Gasteiger partial charge in [-0.3, -0.25) is 0 Å². The molecular weight excluding hydrogens is 757 g/mol. The van der Waals surface area contributed by atoms with Crippen LogP contribution in [0.2, 0.25) is 0 Å². The van der Waals surface area contributed by atoms with Crippen molar-refractivity contribution in [2.45, 2.75) is 0 Å². The summed E-state index contributed by atoms with van der Waals surface area (Å²) in [5.41, 5.74) is 12.1. The van der Waals surface area contributed by atoms with Crippen molar-refractivity contribution >= 4 is 63.8 Å². The highest BCUT2D eigenvalue weighted by Gasteiger charge is 2.16. The summed E-state index contributed by atoms with van der Waals surface area (Å²) in [6, 6.07) is 78.7. The summed E-state index contributed by atoms with van der Waals surface area (Å²) in [4.78, 5) is 10.3. The number of thiophene rings is 1. The van der Waals surface area contributed by atoms with Crippen LogP contribution in [0.5, 0.6) is 0 Å². The van der Waals surface area contributed by atoms with E-state index in [0.717, 1.165) is 33.6 Å². The standard InChI is InChI=1S/C58H36N2S/c1-2-13-42(14-3-1)58-59-52(36-53(60-58)45-17-10-16-43(34-45)48-21-11-23-55-57(48)50-20-8-9-22-54(50)61-55)40-28-24-37(25-29-40)38-26-30-41(31-27-38)56-47-19-7-5-15-44(47)35-51-46-18-6-4-12-39(46)32-33-49(51)56/h1-36H. The van der Waals surface area contributed by atoms with Gasteiger partial charge in [0.15, 0.2) is 5.82 Å². The lowest BCUT2D eigenvalue weighted by atomic mass is 9.89. The second kappa shape index (κ2) is 14.5. The molecule has 0 bridgehead atoms. The third kappa shape index (κ3) is 6.18. The van der Waals surface area contributed by atoms with Crippen molar-refractivity contribution in [2.24, 2.45) is 0 Å². The topological polar surface area (TPSA) is 25.8 Å². The van der Waals surface area contributed by atoms with Gasteiger partial charge in [0.1, 0.15) is 0 Å². The van der Waals surface area contributed by atoms with E-state index in [1.807, 2.05) is 29.5 Å². The van der Waals surface area contributed by atoms with Crippen LogP contribution in [0.4, 0.5) is 0 Å². The van der Waals surface area contributed by atoms with Gasteiger partial charge in [0.25, 0.3) is 0 Å². The van der Waals surface area contributed by atoms with Crippen molar-refractivity contribution in [3.8, 4) is 67.3 Å². The van der Waals surface area contributed by atoms with Crippen molar-refractivity contribution in [3.63, 3.8) is 0 Å². The Morgan fingerprint density at radius 1 is 0.295 bits per heavy atom. The van der Waals surface area contributed by atoms with Gasteiger partial charge in [-0.05, 0) is 96.0 Å². The zero-order valence-corrected chi connectivity index (χ0v) is 33.9. The molecule has 12 aromatic rings. The van der Waals surface area contributed by atoms with Gasteiger partial charge in [0.05, 0.1) is 11.4 Å². The number of rotatable bonds is 6. The Morgan fingerprint density at radius 3 is 1.69 bits per heavy atom. The largest absolute Gasteiger partial charge is 0.228 e. The van der Waals surface area contributed by atoms with E-state index in [0.29, 0.717) is 5.82 Å². The highest BCUT2D eigenvalue weighted by Crippen LogP contribution is 2.42. The Morgan fingerprint density at radius 2 is 0.885 bits per heavy atom. The van der Waals surface area contributed by atoms with E-state index < -0.39 is 0 Å². The first-order valence-corrected chi connectivity index (χ1v) is 21.5. The summed E-state index contributed by atoms with van der Waals surface area (Å²) in [5, 5.41) is 10.2. The number of hydrogen-bond donors (Lipinski definition) is 0. The molecule has 0 atom stereocenters. The zero-order valence-electron chi connectivity index (χ0n) is 33.1. The Bertz CT molecular complexity index is 3620. The minimum absolute atomic E-state index is 0.707. The van der Waals surface area contributed by atoms with Crippen LogP contribution < -0.4 is 0 Å². The smallest absolute Gasteiger partial charge is 0.160 e. The van der Waals surface area contributed by atoms with Crippen LogP contribution in [0.15, 0.2) is 218 Å². The van der Waals surface area contributed by atoms with Gasteiger partial charge in [-0.2, -0.15) is 0 Å². The predicted octanol–water partition coefficient (Wildman–Crippen LogP) is 16.3. The van der Waals surface area contributed by atoms with Crippen LogP contribution in [0, 0.1) is 0 Å². The van der Waals surface area contributed by atoms with E-state index >= 15 is 0 Å². The van der Waals surface area contributed by atoms with Gasteiger partial charge in [-0.1, -0.05) is 188 Å². The number of hydrogen-bond acceptors (Lipinski definition) is 3. The molecule has 284 valence electrons. The average molecular weight is 793 g/mol. The van der Waals surface area contributed by atoms with Crippen molar-refractivity contribution in [1.82, 2.24) is 9.97 Å². The first-order chi connectivity index (χ1) is 30.2. The molecule has 0 amide bonds. The molecule has 10 aromatic carbocycles. The summed E-state index contributed by atoms with van der Waals surface area (Å²) < 4.78 is 2.60. The normalized spacial score (nSPS) is 11.6. The van der Waals surface area contributed by atoms with Crippen molar-refractivity contribution in [3.05, 3.63) is 218 Å². The Balaban J connectivity index is 0.912. The van der Waals surface area contributed by atoms with Gasteiger partial charge >= 0.3 is 0 Å². The second-order valence-corrected chi connectivity index (χ2v) is 16.8. The summed E-state index contributed by atoms with van der Waals surface area (Å²) >= 11 is 1.85. The molecule has 0 aliphatic rings. The highest BCUT2D eigenvalue weighted by atomic mass is 32.1. The van der Waals surface area contributed by atoms with Gasteiger partial charge < -0.3 is 0 Å². The molecule has 0 radical (unpaired) electrons. The van der Waals surface area contributed by atoms with E-state index in [1.54, 1.807) is 0 Å². The lowest BCUT2D eigenvalue weighted by molar-refractivity contribution is 1.18. The monoisotopic (exact) mass is 792 g/mol. The molecule has 0 fully saturated rings. The summed E-state index contributed by atoms with van der Waals surface area (Å²) in [7, 11) is 0. The first kappa shape index (κ1) is 35.2. The number of fused-ring (bicyclic) bond motifs is 7. The van der Waals surface area contributed by atoms with E-state index in [2.05, 4.69) is 200 Å². The SMILES string of the molecule is c1ccc(-c2nc(-c3ccc(-c4ccc(-c5c6ccccc6cc6c5ccc5ccccc56)cc4)cc3)cc(-c3cccc(-c4cccc5sc6ccccc6c45)c3)n2)cc1. The minimum Gasteiger partial charge on any atom is -0.228 e. The predicted molar refractivity (Wildman–Crippen MR) is 260 cm³/mol. The Kier molecular flexibility index (Phi) is 8.39. The molecule has 2 nitrogen and oxygen atoms in total. The lowest BCUT2D eigenvalue weighted by Crippen LogP contribution is -1.96. The molecule has 0 saturated carbocycles. The number of nitrogens with zero attached hydrogens (tertiary/aromatic N) is 2. The molecule has 61 heavy (non-hydrogen) atoms. The first-order valence-electron chi connectivity index (χ1n) is 20.7. The molecule has 0 spiro atoms. The summed E-state index contributed by atoms with van der Waals surface area (Å²) in [6.45, 7) is 0. The zero-order chi connectivity index (χ0) is 40.3. The minimum atomic E-state index is 0.707. The van der Waals surface area contributed by atoms with Crippen LogP contribution in [-0.4, -0.2) is 9.97 Å². The third-order valence-corrected chi connectivity index (χ3v) is 13.2. The lowest BCUT2D eigenvalue weighted by Gasteiger charge is -2.14. The van der Waals surface area contributed by atoms with Crippen molar-refractivity contribution < 1.29 is 0 Å². The van der Waals surface area contributed by atoms with Gasteiger partial charge in [-0.25, -0.2) is 9.97 Å². The molecule has 0 aliphatic carbocycles. The molecule has 0 aliphatic heterocycles. The van der Waals surface area contributed by atoms with Gasteiger partial charge in [-0.15, -0.1) is 11.3 Å². The van der Waals surface area contributed by atoms with Crippen LogP contribution in [0.1, 0.15) is 0 Å². The molecule has 3 heteroatoms. The van der Waals surface area contributed by atoms with E-state index in [1.165, 1.54) is 80.3 Å². The van der Waals surface area contributed by atoms with Crippen molar-refractivity contribution in [2.75, 3.05) is 0 Å². The summed E-state index contributed by atoms with van der Waals surface area (Å²) in [5.74, 6) is 0.707. The van der Waals surface area contributed by atoms with Crippen LogP contribution in [0.25, 0.3) is 120 Å². The van der Waals surface area contributed by atoms with Gasteiger partial charge in [0.2, 0.25) is 0 Å². The molecule has 12 rings (SSSR count). The average Bonchev–Trinajstić information content (AvgIpc) is 3.73. The van der Waals surface area contributed by atoms with Crippen LogP contribution >= 0.6 is 11.3 Å². The van der Waals surface area contributed by atoms with E-state index in [-0.39, 0.29) is 0 Å². The molecule has 0 unspecified atom stereocenters. The van der Waals surface area contributed by atoms with Crippen LogP contribution in [-0.2, 0) is 0 Å². The molecular formula is C58H36N2S. The fourth-order valence-electron chi connectivity index (χ4n) is 9.11. The maximum atomic E-state index is 5.18. The molecule has 2 aromatic heterocycles.